The summed E-state index contributed by atoms with van der Waals surface area (Å²) in [5.41, 5.74) is 5.52. The van der Waals surface area contributed by atoms with Gasteiger partial charge in [-0.1, -0.05) is 35.1 Å². The smallest absolute Gasteiger partial charge is 0.269 e. The first-order chi connectivity index (χ1) is 17.0. The highest BCUT2D eigenvalue weighted by atomic mass is 32.2. The summed E-state index contributed by atoms with van der Waals surface area (Å²) in [7, 11) is 0. The Morgan fingerprint density at radius 2 is 1.71 bits per heavy atom. The summed E-state index contributed by atoms with van der Waals surface area (Å²) < 4.78 is 2.15. The van der Waals surface area contributed by atoms with Crippen molar-refractivity contribution in [1.82, 2.24) is 4.57 Å². The van der Waals surface area contributed by atoms with Gasteiger partial charge in [-0.15, -0.1) is 0 Å². The van der Waals surface area contributed by atoms with Gasteiger partial charge in [0.1, 0.15) is 6.61 Å². The molecule has 1 aromatic heterocycles. The largest absolute Gasteiger partial charge is 0.391 e. The third-order valence-electron chi connectivity index (χ3n) is 5.47. The molecule has 4 rings (SSSR count). The molecule has 3 aromatic carbocycles. The zero-order valence-corrected chi connectivity index (χ0v) is 20.0. The van der Waals surface area contributed by atoms with E-state index in [9.17, 15) is 15.4 Å². The van der Waals surface area contributed by atoms with Gasteiger partial charge in [-0.25, -0.2) is 0 Å². The van der Waals surface area contributed by atoms with E-state index in [1.807, 2.05) is 62.4 Å². The van der Waals surface area contributed by atoms with Gasteiger partial charge in [0.2, 0.25) is 0 Å². The van der Waals surface area contributed by atoms with Gasteiger partial charge in [0.05, 0.1) is 22.8 Å². The van der Waals surface area contributed by atoms with Crippen LogP contribution < -0.4 is 0 Å². The first kappa shape index (κ1) is 23.8. The van der Waals surface area contributed by atoms with Crippen LogP contribution in [0.2, 0.25) is 0 Å². The highest BCUT2D eigenvalue weighted by Gasteiger charge is 2.10. The Bertz CT molecular complexity index is 1420. The fourth-order valence-electron chi connectivity index (χ4n) is 3.71. The molecule has 35 heavy (non-hydrogen) atoms. The van der Waals surface area contributed by atoms with E-state index in [0.717, 1.165) is 38.0 Å². The molecular weight excluding hydrogens is 460 g/mol. The van der Waals surface area contributed by atoms with E-state index < -0.39 is 4.92 Å². The van der Waals surface area contributed by atoms with E-state index in [0.29, 0.717) is 5.56 Å². The van der Waals surface area contributed by atoms with Crippen molar-refractivity contribution in [3.63, 3.8) is 0 Å². The molecule has 0 aliphatic carbocycles. The summed E-state index contributed by atoms with van der Waals surface area (Å²) in [6.45, 7) is 4.29. The van der Waals surface area contributed by atoms with Crippen LogP contribution in [0.4, 0.5) is 5.69 Å². The molecule has 0 amide bonds. The van der Waals surface area contributed by atoms with Crippen molar-refractivity contribution in [3.8, 4) is 11.8 Å². The molecule has 174 valence electrons. The maximum Gasteiger partial charge on any atom is 0.269 e. The number of hydrogen-bond donors (Lipinski definition) is 0. The number of oxime groups is 1. The molecule has 0 saturated heterocycles. The van der Waals surface area contributed by atoms with Gasteiger partial charge in [-0.3, -0.25) is 10.1 Å². The minimum atomic E-state index is -0.399. The highest BCUT2D eigenvalue weighted by Crippen LogP contribution is 2.30. The second-order valence-corrected chi connectivity index (χ2v) is 8.93. The number of nitro benzene ring substituents is 1. The van der Waals surface area contributed by atoms with E-state index in [2.05, 4.69) is 15.8 Å². The van der Waals surface area contributed by atoms with Gasteiger partial charge >= 0.3 is 0 Å². The molecule has 0 aliphatic rings. The van der Waals surface area contributed by atoms with Crippen LogP contribution in [-0.4, -0.2) is 15.7 Å². The van der Waals surface area contributed by atoms with Crippen LogP contribution in [0.1, 0.15) is 28.1 Å². The lowest BCUT2D eigenvalue weighted by atomic mass is 10.1. The number of hydrogen-bond acceptors (Lipinski definition) is 6. The first-order valence-corrected chi connectivity index (χ1v) is 11.6. The Morgan fingerprint density at radius 1 is 1.06 bits per heavy atom. The van der Waals surface area contributed by atoms with E-state index in [1.54, 1.807) is 36.2 Å². The molecule has 1 heterocycles. The third kappa shape index (κ3) is 5.60. The molecule has 4 aromatic rings. The van der Waals surface area contributed by atoms with Gasteiger partial charge in [-0.2, -0.15) is 5.26 Å². The molecule has 0 saturated carbocycles. The van der Waals surface area contributed by atoms with E-state index in [1.165, 1.54) is 12.1 Å². The predicted octanol–water partition coefficient (Wildman–Crippen LogP) is 6.58. The topological polar surface area (TPSA) is 93.4 Å². The molecule has 0 aliphatic heterocycles. The first-order valence-electron chi connectivity index (χ1n) is 10.8. The molecule has 0 atom stereocenters. The Kier molecular flexibility index (Phi) is 7.29. The SMILES string of the molecule is Cc1cc(/C=N\OCc2ccccc2C#N)c(C)n1-c1ccc(Sc2ccc([N+](=O)[O-])cc2)cc1. The van der Waals surface area contributed by atoms with Gasteiger partial charge in [0.15, 0.2) is 0 Å². The number of nitrogens with zero attached hydrogens (tertiary/aromatic N) is 4. The number of non-ortho nitro benzene ring substituents is 1. The second-order valence-electron chi connectivity index (χ2n) is 7.79. The van der Waals surface area contributed by atoms with Crippen molar-refractivity contribution in [3.05, 3.63) is 117 Å². The lowest BCUT2D eigenvalue weighted by Gasteiger charge is -2.10. The van der Waals surface area contributed by atoms with Crippen molar-refractivity contribution in [2.24, 2.45) is 5.16 Å². The Morgan fingerprint density at radius 3 is 2.37 bits per heavy atom. The van der Waals surface area contributed by atoms with E-state index in [4.69, 9.17) is 4.84 Å². The maximum atomic E-state index is 10.8. The standard InChI is InChI=1S/C27H22N4O3S/c1-19-15-23(17-29-34-18-22-6-4-3-5-21(22)16-28)20(2)30(19)24-7-11-26(12-8-24)35-27-13-9-25(10-14-27)31(32)33/h3-15,17H,18H2,1-2H3/b29-17-. The average molecular weight is 483 g/mol. The van der Waals surface area contributed by atoms with Crippen LogP contribution in [-0.2, 0) is 11.4 Å². The Hall–Kier alpha value is -4.35. The number of aryl methyl sites for hydroxylation is 1. The highest BCUT2D eigenvalue weighted by molar-refractivity contribution is 7.99. The van der Waals surface area contributed by atoms with Gasteiger partial charge in [0, 0.05) is 50.1 Å². The lowest BCUT2D eigenvalue weighted by Crippen LogP contribution is -1.99. The number of nitriles is 1. The van der Waals surface area contributed by atoms with E-state index >= 15 is 0 Å². The fraction of sp³-hybridized carbons (Fsp3) is 0.111. The fourth-order valence-corrected chi connectivity index (χ4v) is 4.52. The van der Waals surface area contributed by atoms with E-state index in [-0.39, 0.29) is 12.3 Å². The molecule has 0 fully saturated rings. The van der Waals surface area contributed by atoms with Crippen LogP contribution in [0.25, 0.3) is 5.69 Å². The minimum absolute atomic E-state index is 0.0833. The summed E-state index contributed by atoms with van der Waals surface area (Å²) in [5.74, 6) is 0. The molecule has 0 spiro atoms. The Balaban J connectivity index is 1.44. The van der Waals surface area contributed by atoms with Crippen LogP contribution >= 0.6 is 11.8 Å². The molecule has 0 N–H and O–H groups in total. The number of benzene rings is 3. The molecular formula is C27H22N4O3S. The lowest BCUT2D eigenvalue weighted by molar-refractivity contribution is -0.384. The maximum absolute atomic E-state index is 10.8. The molecule has 7 nitrogen and oxygen atoms in total. The van der Waals surface area contributed by atoms with Crippen LogP contribution in [0.15, 0.2) is 93.8 Å². The van der Waals surface area contributed by atoms with Crippen molar-refractivity contribution < 1.29 is 9.76 Å². The predicted molar refractivity (Wildman–Crippen MR) is 136 cm³/mol. The average Bonchev–Trinajstić information content (AvgIpc) is 3.15. The monoisotopic (exact) mass is 482 g/mol. The summed E-state index contributed by atoms with van der Waals surface area (Å²) in [6.07, 6.45) is 1.69. The third-order valence-corrected chi connectivity index (χ3v) is 6.49. The number of rotatable bonds is 8. The minimum Gasteiger partial charge on any atom is -0.391 e. The normalized spacial score (nSPS) is 10.9. The second kappa shape index (κ2) is 10.7. The molecule has 8 heteroatoms. The Labute approximate surface area is 207 Å². The zero-order chi connectivity index (χ0) is 24.8. The number of aromatic nitrogens is 1. The molecule has 0 bridgehead atoms. The van der Waals surface area contributed by atoms with Gasteiger partial charge < -0.3 is 9.40 Å². The van der Waals surface area contributed by atoms with Crippen molar-refractivity contribution in [2.75, 3.05) is 0 Å². The zero-order valence-electron chi connectivity index (χ0n) is 19.2. The van der Waals surface area contributed by atoms with Crippen LogP contribution in [0, 0.1) is 35.3 Å². The van der Waals surface area contributed by atoms with Crippen molar-refractivity contribution in [1.29, 1.82) is 5.26 Å². The molecule has 0 radical (unpaired) electrons. The van der Waals surface area contributed by atoms with Gasteiger partial charge in [0.25, 0.3) is 5.69 Å². The van der Waals surface area contributed by atoms with Crippen LogP contribution in [0.5, 0.6) is 0 Å². The van der Waals surface area contributed by atoms with Gasteiger partial charge in [-0.05, 0) is 62.4 Å². The van der Waals surface area contributed by atoms with Crippen molar-refractivity contribution in [2.45, 2.75) is 30.2 Å². The summed E-state index contributed by atoms with van der Waals surface area (Å²) in [4.78, 5) is 17.8. The summed E-state index contributed by atoms with van der Waals surface area (Å²) >= 11 is 1.55. The quantitative estimate of drug-likeness (QED) is 0.161. The number of nitro groups is 1. The summed E-state index contributed by atoms with van der Waals surface area (Å²) in [5, 5.41) is 24.1. The van der Waals surface area contributed by atoms with Crippen LogP contribution in [0.3, 0.4) is 0 Å². The van der Waals surface area contributed by atoms with Crippen molar-refractivity contribution >= 4 is 23.7 Å². The molecule has 0 unspecified atom stereocenters. The summed E-state index contributed by atoms with van der Waals surface area (Å²) in [6, 6.07) is 26.2.